The molecule has 1 fully saturated rings. The van der Waals surface area contributed by atoms with Crippen molar-refractivity contribution in [3.8, 4) is 0 Å². The van der Waals surface area contributed by atoms with Crippen LogP contribution in [0.15, 0.2) is 29.1 Å². The van der Waals surface area contributed by atoms with Gasteiger partial charge in [0.05, 0.1) is 23.9 Å². The molecule has 1 aromatic heterocycles. The quantitative estimate of drug-likeness (QED) is 0.899. The number of aromatic nitrogens is 2. The van der Waals surface area contributed by atoms with E-state index in [9.17, 15) is 14.0 Å². The zero-order valence-corrected chi connectivity index (χ0v) is 13.6. The van der Waals surface area contributed by atoms with Crippen molar-refractivity contribution >= 4 is 17.5 Å². The first-order valence-electron chi connectivity index (χ1n) is 7.38. The number of benzene rings is 1. The van der Waals surface area contributed by atoms with Crippen LogP contribution in [0.1, 0.15) is 28.0 Å². The third kappa shape index (κ3) is 3.47. The maximum Gasteiger partial charge on any atom is 0.254 e. The standard InChI is InChI=1S/C16H15ClFN3O3/c1-9-19-13(7-15(22)20-9)14-8-21(4-5-24-14)16(23)10-2-3-12(18)11(17)6-10/h2-3,6-7,14H,4-5,8H2,1H3,(H,19,20,22)/t14-/m0/s1. The summed E-state index contributed by atoms with van der Waals surface area (Å²) in [7, 11) is 0. The zero-order valence-electron chi connectivity index (χ0n) is 12.9. The van der Waals surface area contributed by atoms with E-state index in [2.05, 4.69) is 9.97 Å². The largest absolute Gasteiger partial charge is 0.368 e. The SMILES string of the molecule is Cc1nc([C@@H]2CN(C(=O)c3ccc(F)c(Cl)c3)CCO2)cc(=O)[nH]1. The lowest BCUT2D eigenvalue weighted by Crippen LogP contribution is -2.42. The van der Waals surface area contributed by atoms with Gasteiger partial charge in [0.25, 0.3) is 11.5 Å². The van der Waals surface area contributed by atoms with E-state index >= 15 is 0 Å². The molecule has 1 aromatic carbocycles. The fraction of sp³-hybridized carbons (Fsp3) is 0.312. The van der Waals surface area contributed by atoms with Crippen molar-refractivity contribution in [1.82, 2.24) is 14.9 Å². The monoisotopic (exact) mass is 351 g/mol. The van der Waals surface area contributed by atoms with Gasteiger partial charge in [-0.2, -0.15) is 0 Å². The number of morpholine rings is 1. The Balaban J connectivity index is 1.81. The number of nitrogens with zero attached hydrogens (tertiary/aromatic N) is 2. The number of amides is 1. The molecule has 1 atom stereocenters. The first-order valence-corrected chi connectivity index (χ1v) is 7.75. The number of hydrogen-bond acceptors (Lipinski definition) is 4. The molecule has 0 bridgehead atoms. The van der Waals surface area contributed by atoms with E-state index in [0.717, 1.165) is 6.07 Å². The van der Waals surface area contributed by atoms with Crippen LogP contribution in [0.25, 0.3) is 0 Å². The number of nitrogens with one attached hydrogen (secondary N) is 1. The molecule has 6 nitrogen and oxygen atoms in total. The minimum Gasteiger partial charge on any atom is -0.368 e. The summed E-state index contributed by atoms with van der Waals surface area (Å²) in [4.78, 5) is 32.6. The normalized spacial score (nSPS) is 17.8. The lowest BCUT2D eigenvalue weighted by molar-refractivity contribution is -0.0249. The van der Waals surface area contributed by atoms with Crippen molar-refractivity contribution in [1.29, 1.82) is 0 Å². The Morgan fingerprint density at radius 1 is 1.46 bits per heavy atom. The molecule has 126 valence electrons. The number of carbonyl (C=O) groups excluding carboxylic acids is 1. The van der Waals surface area contributed by atoms with Gasteiger partial charge in [0.15, 0.2) is 0 Å². The van der Waals surface area contributed by atoms with Gasteiger partial charge in [0, 0.05) is 18.2 Å². The Kier molecular flexibility index (Phi) is 4.64. The van der Waals surface area contributed by atoms with Gasteiger partial charge >= 0.3 is 0 Å². The molecule has 0 aliphatic carbocycles. The van der Waals surface area contributed by atoms with Gasteiger partial charge in [0.1, 0.15) is 17.7 Å². The number of rotatable bonds is 2. The molecule has 2 heterocycles. The predicted octanol–water partition coefficient (Wildman–Crippen LogP) is 2.08. The van der Waals surface area contributed by atoms with E-state index in [4.69, 9.17) is 16.3 Å². The van der Waals surface area contributed by atoms with Crippen molar-refractivity contribution < 1.29 is 13.9 Å². The summed E-state index contributed by atoms with van der Waals surface area (Å²) in [6.45, 7) is 2.65. The molecule has 1 saturated heterocycles. The average molecular weight is 352 g/mol. The minimum atomic E-state index is -0.573. The second-order valence-electron chi connectivity index (χ2n) is 5.50. The van der Waals surface area contributed by atoms with Crippen molar-refractivity contribution in [2.45, 2.75) is 13.0 Å². The Morgan fingerprint density at radius 3 is 2.96 bits per heavy atom. The fourth-order valence-electron chi connectivity index (χ4n) is 2.59. The minimum absolute atomic E-state index is 0.0995. The third-order valence-electron chi connectivity index (χ3n) is 3.73. The average Bonchev–Trinajstić information content (AvgIpc) is 2.56. The number of aromatic amines is 1. The summed E-state index contributed by atoms with van der Waals surface area (Å²) >= 11 is 5.74. The summed E-state index contributed by atoms with van der Waals surface area (Å²) in [5.74, 6) is -0.363. The molecule has 0 radical (unpaired) electrons. The Morgan fingerprint density at radius 2 is 2.25 bits per heavy atom. The highest BCUT2D eigenvalue weighted by molar-refractivity contribution is 6.31. The summed E-state index contributed by atoms with van der Waals surface area (Å²) < 4.78 is 18.9. The van der Waals surface area contributed by atoms with Gasteiger partial charge in [-0.05, 0) is 25.1 Å². The van der Waals surface area contributed by atoms with E-state index in [1.807, 2.05) is 0 Å². The molecule has 1 N–H and O–H groups in total. The predicted molar refractivity (Wildman–Crippen MR) is 85.6 cm³/mol. The Hall–Kier alpha value is -2.25. The molecule has 2 aromatic rings. The topological polar surface area (TPSA) is 75.3 Å². The molecule has 0 spiro atoms. The molecule has 8 heteroatoms. The van der Waals surface area contributed by atoms with Crippen LogP contribution < -0.4 is 5.56 Å². The van der Waals surface area contributed by atoms with Crippen molar-refractivity contribution in [3.63, 3.8) is 0 Å². The van der Waals surface area contributed by atoms with Gasteiger partial charge in [-0.1, -0.05) is 11.6 Å². The molecule has 1 amide bonds. The van der Waals surface area contributed by atoms with E-state index in [0.29, 0.717) is 30.2 Å². The van der Waals surface area contributed by atoms with E-state index in [1.165, 1.54) is 18.2 Å². The lowest BCUT2D eigenvalue weighted by Gasteiger charge is -2.32. The van der Waals surface area contributed by atoms with E-state index in [1.54, 1.807) is 11.8 Å². The first-order chi connectivity index (χ1) is 11.4. The Labute approximate surface area is 142 Å². The summed E-state index contributed by atoms with van der Waals surface area (Å²) in [6.07, 6.45) is -0.486. The lowest BCUT2D eigenvalue weighted by atomic mass is 10.1. The van der Waals surface area contributed by atoms with Crippen molar-refractivity contribution in [2.24, 2.45) is 0 Å². The fourth-order valence-corrected chi connectivity index (χ4v) is 2.77. The summed E-state index contributed by atoms with van der Waals surface area (Å²) in [6, 6.07) is 5.22. The molecular weight excluding hydrogens is 337 g/mol. The van der Waals surface area contributed by atoms with Crippen LogP contribution in [0.2, 0.25) is 5.02 Å². The molecule has 0 saturated carbocycles. The van der Waals surface area contributed by atoms with Crippen LogP contribution in [0.3, 0.4) is 0 Å². The van der Waals surface area contributed by atoms with Gasteiger partial charge in [-0.15, -0.1) is 0 Å². The second kappa shape index (κ2) is 6.70. The van der Waals surface area contributed by atoms with Crippen LogP contribution in [0.5, 0.6) is 0 Å². The van der Waals surface area contributed by atoms with Crippen molar-refractivity contribution in [3.05, 3.63) is 62.5 Å². The highest BCUT2D eigenvalue weighted by Crippen LogP contribution is 2.23. The first kappa shape index (κ1) is 16.6. The third-order valence-corrected chi connectivity index (χ3v) is 4.02. The van der Waals surface area contributed by atoms with Crippen LogP contribution in [-0.2, 0) is 4.74 Å². The summed E-state index contributed by atoms with van der Waals surface area (Å²) in [5.41, 5.74) is 0.512. The van der Waals surface area contributed by atoms with E-state index < -0.39 is 11.9 Å². The highest BCUT2D eigenvalue weighted by atomic mass is 35.5. The van der Waals surface area contributed by atoms with Crippen LogP contribution in [0.4, 0.5) is 4.39 Å². The Bertz CT molecular complexity index is 840. The molecule has 0 unspecified atom stereocenters. The zero-order chi connectivity index (χ0) is 17.3. The van der Waals surface area contributed by atoms with Gasteiger partial charge in [0.2, 0.25) is 0 Å². The maximum atomic E-state index is 13.2. The van der Waals surface area contributed by atoms with Crippen LogP contribution in [0, 0.1) is 12.7 Å². The van der Waals surface area contributed by atoms with Gasteiger partial charge in [-0.25, -0.2) is 9.37 Å². The van der Waals surface area contributed by atoms with Crippen molar-refractivity contribution in [2.75, 3.05) is 19.7 Å². The number of hydrogen-bond donors (Lipinski definition) is 1. The highest BCUT2D eigenvalue weighted by Gasteiger charge is 2.27. The number of carbonyl (C=O) groups is 1. The molecule has 1 aliphatic rings. The summed E-state index contributed by atoms with van der Waals surface area (Å²) in [5, 5.41) is -0.0995. The number of H-pyrrole nitrogens is 1. The molecule has 1 aliphatic heterocycles. The maximum absolute atomic E-state index is 13.2. The van der Waals surface area contributed by atoms with Gasteiger partial charge in [-0.3, -0.25) is 9.59 Å². The smallest absolute Gasteiger partial charge is 0.254 e. The second-order valence-corrected chi connectivity index (χ2v) is 5.90. The van der Waals surface area contributed by atoms with Gasteiger partial charge < -0.3 is 14.6 Å². The van der Waals surface area contributed by atoms with E-state index in [-0.39, 0.29) is 23.0 Å². The molecular formula is C16H15ClFN3O3. The number of aryl methyl sites for hydroxylation is 1. The van der Waals surface area contributed by atoms with Crippen LogP contribution in [-0.4, -0.2) is 40.5 Å². The number of halogens is 2. The van der Waals surface area contributed by atoms with Crippen LogP contribution >= 0.6 is 11.6 Å². The number of ether oxygens (including phenoxy) is 1. The molecule has 3 rings (SSSR count). The molecule has 24 heavy (non-hydrogen) atoms.